The first-order valence-electron chi connectivity index (χ1n) is 7.70. The zero-order chi connectivity index (χ0) is 18.0. The summed E-state index contributed by atoms with van der Waals surface area (Å²) in [7, 11) is 0. The number of carbonyl (C=O) groups excluding carboxylic acids is 1. The van der Waals surface area contributed by atoms with Crippen molar-refractivity contribution in [2.24, 2.45) is 0 Å². The van der Waals surface area contributed by atoms with Crippen molar-refractivity contribution in [3.63, 3.8) is 0 Å². The molecule has 0 aromatic heterocycles. The number of nitro groups is 1. The van der Waals surface area contributed by atoms with Gasteiger partial charge in [0.1, 0.15) is 11.5 Å². The van der Waals surface area contributed by atoms with Crippen LogP contribution in [0.25, 0.3) is 0 Å². The van der Waals surface area contributed by atoms with E-state index in [9.17, 15) is 19.3 Å². The maximum absolute atomic E-state index is 13.3. The lowest BCUT2D eigenvalue weighted by Gasteiger charge is -2.36. The molecule has 0 spiro atoms. The zero-order valence-electron chi connectivity index (χ0n) is 13.2. The fourth-order valence-corrected chi connectivity index (χ4v) is 3.19. The van der Waals surface area contributed by atoms with Gasteiger partial charge in [0.2, 0.25) is 0 Å². The molecule has 25 heavy (non-hydrogen) atoms. The van der Waals surface area contributed by atoms with Crippen molar-refractivity contribution in [1.82, 2.24) is 4.90 Å². The minimum atomic E-state index is -0.467. The van der Waals surface area contributed by atoms with Crippen molar-refractivity contribution in [1.29, 1.82) is 0 Å². The molecule has 1 saturated heterocycles. The minimum Gasteiger partial charge on any atom is -0.361 e. The molecule has 0 unspecified atom stereocenters. The van der Waals surface area contributed by atoms with Crippen molar-refractivity contribution in [2.75, 3.05) is 31.1 Å². The smallest absolute Gasteiger partial charge is 0.294 e. The highest BCUT2D eigenvalue weighted by atomic mass is 35.5. The Bertz CT molecular complexity index is 823. The molecule has 0 bridgehead atoms. The maximum atomic E-state index is 13.3. The van der Waals surface area contributed by atoms with Gasteiger partial charge >= 0.3 is 0 Å². The lowest BCUT2D eigenvalue weighted by molar-refractivity contribution is -0.384. The van der Waals surface area contributed by atoms with Crippen LogP contribution in [0, 0.1) is 15.9 Å². The van der Waals surface area contributed by atoms with E-state index in [2.05, 4.69) is 0 Å². The normalized spacial score (nSPS) is 14.5. The van der Waals surface area contributed by atoms with Crippen LogP contribution in [0.2, 0.25) is 5.02 Å². The van der Waals surface area contributed by atoms with Crippen molar-refractivity contribution in [2.45, 2.75) is 0 Å². The molecule has 2 aromatic rings. The third kappa shape index (κ3) is 3.56. The molecule has 1 amide bonds. The zero-order valence-corrected chi connectivity index (χ0v) is 13.9. The molecule has 6 nitrogen and oxygen atoms in total. The largest absolute Gasteiger partial charge is 0.361 e. The lowest BCUT2D eigenvalue weighted by atomic mass is 10.1. The van der Waals surface area contributed by atoms with Crippen LogP contribution in [0.3, 0.4) is 0 Å². The van der Waals surface area contributed by atoms with Crippen LogP contribution >= 0.6 is 11.6 Å². The maximum Gasteiger partial charge on any atom is 0.294 e. The Kier molecular flexibility index (Phi) is 4.85. The number of amides is 1. The number of hydrogen-bond acceptors (Lipinski definition) is 4. The molecular formula is C17H15ClFN3O3. The summed E-state index contributed by atoms with van der Waals surface area (Å²) in [5.41, 5.74) is 0.599. The Morgan fingerprint density at radius 3 is 2.44 bits per heavy atom. The highest BCUT2D eigenvalue weighted by molar-refractivity contribution is 6.33. The molecule has 3 rings (SSSR count). The van der Waals surface area contributed by atoms with Crippen molar-refractivity contribution in [3.8, 4) is 0 Å². The summed E-state index contributed by atoms with van der Waals surface area (Å²) >= 11 is 6.15. The number of carbonyl (C=O) groups is 1. The summed E-state index contributed by atoms with van der Waals surface area (Å²) in [6.07, 6.45) is 0. The van der Waals surface area contributed by atoms with Gasteiger partial charge in [0, 0.05) is 37.8 Å². The topological polar surface area (TPSA) is 66.7 Å². The standard InChI is InChI=1S/C17H15ClFN3O3/c18-14-5-2-6-15(22(24)25)16(14)20-7-9-21(10-8-20)17(23)12-3-1-4-13(19)11-12/h1-6,11H,7-10H2. The molecular weight excluding hydrogens is 349 g/mol. The highest BCUT2D eigenvalue weighted by Crippen LogP contribution is 2.35. The monoisotopic (exact) mass is 363 g/mol. The number of piperazine rings is 1. The summed E-state index contributed by atoms with van der Waals surface area (Å²) in [5.74, 6) is -0.719. The van der Waals surface area contributed by atoms with Gasteiger partial charge in [-0.3, -0.25) is 14.9 Å². The average molecular weight is 364 g/mol. The fraction of sp³-hybridized carbons (Fsp3) is 0.235. The van der Waals surface area contributed by atoms with Crippen LogP contribution in [-0.2, 0) is 0 Å². The van der Waals surface area contributed by atoms with E-state index in [0.717, 1.165) is 0 Å². The average Bonchev–Trinajstić information content (AvgIpc) is 2.61. The number of nitro benzene ring substituents is 1. The molecule has 1 heterocycles. The van der Waals surface area contributed by atoms with Crippen molar-refractivity contribution >= 4 is 28.9 Å². The summed E-state index contributed by atoms with van der Waals surface area (Å²) in [4.78, 5) is 26.6. The van der Waals surface area contributed by atoms with Crippen LogP contribution in [0.5, 0.6) is 0 Å². The minimum absolute atomic E-state index is 0.0580. The molecule has 0 N–H and O–H groups in total. The fourth-order valence-electron chi connectivity index (χ4n) is 2.90. The molecule has 0 radical (unpaired) electrons. The number of halogens is 2. The first kappa shape index (κ1) is 17.2. The van der Waals surface area contributed by atoms with Gasteiger partial charge in [-0.2, -0.15) is 0 Å². The van der Waals surface area contributed by atoms with Crippen LogP contribution in [0.4, 0.5) is 15.8 Å². The van der Waals surface area contributed by atoms with Gasteiger partial charge in [-0.15, -0.1) is 0 Å². The van der Waals surface area contributed by atoms with Crippen molar-refractivity contribution in [3.05, 3.63) is 69.0 Å². The molecule has 1 aliphatic heterocycles. The summed E-state index contributed by atoms with van der Waals surface area (Å²) in [6.45, 7) is 1.56. The Balaban J connectivity index is 1.75. The predicted molar refractivity (Wildman–Crippen MR) is 92.6 cm³/mol. The number of benzene rings is 2. The van der Waals surface area contributed by atoms with Gasteiger partial charge < -0.3 is 9.80 Å². The molecule has 0 saturated carbocycles. The van der Waals surface area contributed by atoms with Gasteiger partial charge in [-0.1, -0.05) is 23.7 Å². The number of hydrogen-bond donors (Lipinski definition) is 0. The number of para-hydroxylation sites is 1. The highest BCUT2D eigenvalue weighted by Gasteiger charge is 2.28. The van der Waals surface area contributed by atoms with Crippen LogP contribution in [0.1, 0.15) is 10.4 Å². The van der Waals surface area contributed by atoms with Crippen LogP contribution in [-0.4, -0.2) is 41.9 Å². The Morgan fingerprint density at radius 1 is 1.12 bits per heavy atom. The van der Waals surface area contributed by atoms with E-state index >= 15 is 0 Å². The van der Waals surface area contributed by atoms with E-state index in [1.807, 2.05) is 0 Å². The van der Waals surface area contributed by atoms with Crippen molar-refractivity contribution < 1.29 is 14.1 Å². The van der Waals surface area contributed by atoms with Gasteiger partial charge in [0.25, 0.3) is 11.6 Å². The summed E-state index contributed by atoms with van der Waals surface area (Å²) in [5, 5.41) is 11.5. The van der Waals surface area contributed by atoms with Gasteiger partial charge in [0.05, 0.1) is 9.95 Å². The first-order chi connectivity index (χ1) is 12.0. The second-order valence-electron chi connectivity index (χ2n) is 5.65. The Labute approximate surface area is 148 Å². The molecule has 130 valence electrons. The predicted octanol–water partition coefficient (Wildman–Crippen LogP) is 3.35. The first-order valence-corrected chi connectivity index (χ1v) is 8.08. The second-order valence-corrected chi connectivity index (χ2v) is 6.06. The Morgan fingerprint density at radius 2 is 1.80 bits per heavy atom. The van der Waals surface area contributed by atoms with E-state index in [4.69, 9.17) is 11.6 Å². The second kappa shape index (κ2) is 7.06. The number of rotatable bonds is 3. The van der Waals surface area contributed by atoms with Gasteiger partial charge in [-0.05, 0) is 24.3 Å². The van der Waals surface area contributed by atoms with Gasteiger partial charge in [0.15, 0.2) is 0 Å². The van der Waals surface area contributed by atoms with E-state index in [1.54, 1.807) is 21.9 Å². The molecule has 8 heteroatoms. The molecule has 0 atom stereocenters. The van der Waals surface area contributed by atoms with E-state index in [0.29, 0.717) is 36.9 Å². The lowest BCUT2D eigenvalue weighted by Crippen LogP contribution is -2.49. The van der Waals surface area contributed by atoms with E-state index < -0.39 is 10.7 Å². The van der Waals surface area contributed by atoms with Crippen LogP contribution in [0.15, 0.2) is 42.5 Å². The summed E-state index contributed by atoms with van der Waals surface area (Å²) < 4.78 is 13.3. The third-order valence-corrected chi connectivity index (χ3v) is 4.42. The molecule has 0 aliphatic carbocycles. The molecule has 1 fully saturated rings. The van der Waals surface area contributed by atoms with E-state index in [1.165, 1.54) is 30.3 Å². The van der Waals surface area contributed by atoms with Crippen LogP contribution < -0.4 is 4.90 Å². The Hall–Kier alpha value is -2.67. The molecule has 2 aromatic carbocycles. The quantitative estimate of drug-likeness (QED) is 0.619. The van der Waals surface area contributed by atoms with Gasteiger partial charge in [-0.25, -0.2) is 4.39 Å². The SMILES string of the molecule is O=C(c1cccc(F)c1)N1CCN(c2c(Cl)cccc2[N+](=O)[O-])CC1. The number of nitrogens with zero attached hydrogens (tertiary/aromatic N) is 3. The third-order valence-electron chi connectivity index (χ3n) is 4.12. The summed E-state index contributed by atoms with van der Waals surface area (Å²) in [6, 6.07) is 10.1. The molecule has 1 aliphatic rings. The van der Waals surface area contributed by atoms with E-state index in [-0.39, 0.29) is 17.2 Å². The number of anilines is 1.